The van der Waals surface area contributed by atoms with Gasteiger partial charge in [0.15, 0.2) is 0 Å². The van der Waals surface area contributed by atoms with Crippen LogP contribution in [-0.4, -0.2) is 22.7 Å². The summed E-state index contributed by atoms with van der Waals surface area (Å²) in [7, 11) is 3.33. The highest BCUT2D eigenvalue weighted by Gasteiger charge is 2.14. The van der Waals surface area contributed by atoms with E-state index in [1.165, 1.54) is 0 Å². The maximum absolute atomic E-state index is 11.0. The van der Waals surface area contributed by atoms with Crippen molar-refractivity contribution < 1.29 is 4.79 Å². The smallest absolute Gasteiger partial charge is 0.241 e. The van der Waals surface area contributed by atoms with Crippen molar-refractivity contribution in [1.82, 2.24) is 15.1 Å². The van der Waals surface area contributed by atoms with Crippen molar-refractivity contribution in [2.45, 2.75) is 6.04 Å². The minimum absolute atomic E-state index is 0.206. The molecule has 66 valence electrons. The zero-order chi connectivity index (χ0) is 9.14. The summed E-state index contributed by atoms with van der Waals surface area (Å²) in [6.07, 6.45) is 3.31. The van der Waals surface area contributed by atoms with Crippen LogP contribution in [0.3, 0.4) is 0 Å². The lowest BCUT2D eigenvalue weighted by Crippen LogP contribution is -2.31. The number of carbonyl (C=O) groups is 1. The zero-order valence-corrected chi connectivity index (χ0v) is 7.11. The molecule has 1 aromatic heterocycles. The number of nitrogens with one attached hydrogen (secondary N) is 1. The van der Waals surface area contributed by atoms with E-state index in [0.717, 1.165) is 5.56 Å². The fraction of sp³-hybridized carbons (Fsp3) is 0.429. The van der Waals surface area contributed by atoms with E-state index in [2.05, 4.69) is 10.4 Å². The number of nitrogens with zero attached hydrogens (tertiary/aromatic N) is 2. The molecule has 1 atom stereocenters. The summed E-state index contributed by atoms with van der Waals surface area (Å²) in [5, 5.41) is 6.38. The molecular weight excluding hydrogens is 156 g/mol. The van der Waals surface area contributed by atoms with Gasteiger partial charge in [-0.3, -0.25) is 9.48 Å². The average Bonchev–Trinajstić information content (AvgIpc) is 2.49. The van der Waals surface area contributed by atoms with Crippen LogP contribution in [0.4, 0.5) is 0 Å². The van der Waals surface area contributed by atoms with Gasteiger partial charge in [-0.25, -0.2) is 0 Å². The second-order valence-corrected chi connectivity index (χ2v) is 2.54. The molecule has 0 aliphatic carbocycles. The first kappa shape index (κ1) is 8.73. The minimum atomic E-state index is -0.622. The van der Waals surface area contributed by atoms with Crippen LogP contribution < -0.4 is 11.1 Å². The molecule has 0 saturated carbocycles. The van der Waals surface area contributed by atoms with Gasteiger partial charge in [-0.15, -0.1) is 0 Å². The van der Waals surface area contributed by atoms with Crippen molar-refractivity contribution in [3.8, 4) is 0 Å². The zero-order valence-electron chi connectivity index (χ0n) is 7.11. The molecule has 1 amide bonds. The number of hydrogen-bond acceptors (Lipinski definition) is 3. The lowest BCUT2D eigenvalue weighted by molar-refractivity contribution is -0.121. The van der Waals surface area contributed by atoms with Gasteiger partial charge in [-0.2, -0.15) is 5.10 Å². The van der Waals surface area contributed by atoms with E-state index >= 15 is 0 Å². The summed E-state index contributed by atoms with van der Waals surface area (Å²) in [4.78, 5) is 11.0. The van der Waals surface area contributed by atoms with Gasteiger partial charge >= 0.3 is 0 Å². The van der Waals surface area contributed by atoms with Crippen LogP contribution in [0.15, 0.2) is 12.4 Å². The Labute approximate surface area is 70.5 Å². The van der Waals surface area contributed by atoms with Crippen LogP contribution in [0.5, 0.6) is 0 Å². The van der Waals surface area contributed by atoms with Gasteiger partial charge in [0, 0.05) is 25.9 Å². The van der Waals surface area contributed by atoms with Crippen LogP contribution in [0.1, 0.15) is 11.6 Å². The monoisotopic (exact) mass is 168 g/mol. The van der Waals surface area contributed by atoms with Crippen LogP contribution in [0.2, 0.25) is 0 Å². The van der Waals surface area contributed by atoms with Crippen LogP contribution in [0, 0.1) is 0 Å². The van der Waals surface area contributed by atoms with Gasteiger partial charge in [0.05, 0.1) is 6.20 Å². The summed E-state index contributed by atoms with van der Waals surface area (Å²) in [6, 6.07) is -0.622. The van der Waals surface area contributed by atoms with Gasteiger partial charge < -0.3 is 11.1 Å². The molecule has 0 saturated heterocycles. The van der Waals surface area contributed by atoms with E-state index in [4.69, 9.17) is 5.73 Å². The highest BCUT2D eigenvalue weighted by molar-refractivity contribution is 5.82. The quantitative estimate of drug-likeness (QED) is 0.605. The number of rotatable bonds is 2. The van der Waals surface area contributed by atoms with E-state index in [9.17, 15) is 4.79 Å². The van der Waals surface area contributed by atoms with Crippen molar-refractivity contribution in [3.63, 3.8) is 0 Å². The number of likely N-dealkylation sites (N-methyl/N-ethyl adjacent to an activating group) is 1. The Morgan fingerprint density at radius 1 is 1.83 bits per heavy atom. The number of nitrogens with two attached hydrogens (primary N) is 1. The molecule has 5 heteroatoms. The Kier molecular flexibility index (Phi) is 2.44. The van der Waals surface area contributed by atoms with Crippen LogP contribution in [-0.2, 0) is 11.8 Å². The van der Waals surface area contributed by atoms with Gasteiger partial charge in [-0.05, 0) is 0 Å². The number of aryl methyl sites for hydroxylation is 1. The molecule has 1 rings (SSSR count). The highest BCUT2D eigenvalue weighted by atomic mass is 16.2. The fourth-order valence-corrected chi connectivity index (χ4v) is 0.908. The first-order valence-corrected chi connectivity index (χ1v) is 3.61. The molecule has 12 heavy (non-hydrogen) atoms. The molecule has 0 fully saturated rings. The molecule has 0 bridgehead atoms. The molecule has 5 nitrogen and oxygen atoms in total. The molecule has 1 aromatic rings. The van der Waals surface area contributed by atoms with Crippen LogP contribution in [0.25, 0.3) is 0 Å². The van der Waals surface area contributed by atoms with Crippen molar-refractivity contribution in [3.05, 3.63) is 18.0 Å². The van der Waals surface area contributed by atoms with Crippen molar-refractivity contribution >= 4 is 5.91 Å². The van der Waals surface area contributed by atoms with E-state index < -0.39 is 6.04 Å². The summed E-state index contributed by atoms with van der Waals surface area (Å²) in [5.41, 5.74) is 6.32. The van der Waals surface area contributed by atoms with Crippen molar-refractivity contribution in [1.29, 1.82) is 0 Å². The maximum Gasteiger partial charge on any atom is 0.241 e. The number of aromatic nitrogens is 2. The Balaban J connectivity index is 2.77. The maximum atomic E-state index is 11.0. The molecular formula is C7H12N4O. The van der Waals surface area contributed by atoms with E-state index in [0.29, 0.717) is 0 Å². The summed E-state index contributed by atoms with van der Waals surface area (Å²) < 4.78 is 1.61. The summed E-state index contributed by atoms with van der Waals surface area (Å²) in [6.45, 7) is 0. The molecule has 1 heterocycles. The van der Waals surface area contributed by atoms with Crippen LogP contribution >= 0.6 is 0 Å². The topological polar surface area (TPSA) is 72.9 Å². The lowest BCUT2D eigenvalue weighted by atomic mass is 10.2. The minimum Gasteiger partial charge on any atom is -0.358 e. The Morgan fingerprint density at radius 3 is 2.92 bits per heavy atom. The van der Waals surface area contributed by atoms with E-state index in [1.807, 2.05) is 0 Å². The van der Waals surface area contributed by atoms with Gasteiger partial charge in [0.2, 0.25) is 5.91 Å². The first-order chi connectivity index (χ1) is 5.65. The predicted molar refractivity (Wildman–Crippen MR) is 44.2 cm³/mol. The summed E-state index contributed by atoms with van der Waals surface area (Å²) >= 11 is 0. The molecule has 0 aromatic carbocycles. The summed E-state index contributed by atoms with van der Waals surface area (Å²) in [5.74, 6) is -0.206. The first-order valence-electron chi connectivity index (χ1n) is 3.61. The van der Waals surface area contributed by atoms with Crippen molar-refractivity contribution in [2.75, 3.05) is 7.05 Å². The molecule has 0 spiro atoms. The number of amides is 1. The predicted octanol–water partition coefficient (Wildman–Crippen LogP) is -0.834. The van der Waals surface area contributed by atoms with E-state index in [1.54, 1.807) is 31.2 Å². The third-order valence-corrected chi connectivity index (χ3v) is 1.61. The number of hydrogen-bond donors (Lipinski definition) is 2. The average molecular weight is 168 g/mol. The second kappa shape index (κ2) is 3.36. The molecule has 3 N–H and O–H groups in total. The molecule has 0 aliphatic rings. The third kappa shape index (κ3) is 1.62. The standard InChI is InChI=1S/C7H12N4O/c1-9-7(12)6(8)5-3-10-11(2)4-5/h3-4,6H,8H2,1-2H3,(H,9,12). The second-order valence-electron chi connectivity index (χ2n) is 2.54. The van der Waals surface area contributed by atoms with Gasteiger partial charge in [0.25, 0.3) is 0 Å². The molecule has 0 radical (unpaired) electrons. The Morgan fingerprint density at radius 2 is 2.50 bits per heavy atom. The largest absolute Gasteiger partial charge is 0.358 e. The van der Waals surface area contributed by atoms with Gasteiger partial charge in [0.1, 0.15) is 6.04 Å². The number of carbonyl (C=O) groups excluding carboxylic acids is 1. The lowest BCUT2D eigenvalue weighted by Gasteiger charge is -2.05. The normalized spacial score (nSPS) is 12.6. The van der Waals surface area contributed by atoms with Crippen molar-refractivity contribution in [2.24, 2.45) is 12.8 Å². The molecule has 1 unspecified atom stereocenters. The van der Waals surface area contributed by atoms with Gasteiger partial charge in [-0.1, -0.05) is 0 Å². The fourth-order valence-electron chi connectivity index (χ4n) is 0.908. The molecule has 0 aliphatic heterocycles. The third-order valence-electron chi connectivity index (χ3n) is 1.61. The Bertz CT molecular complexity index is 281. The highest BCUT2D eigenvalue weighted by Crippen LogP contribution is 2.07. The Hall–Kier alpha value is -1.36. The van der Waals surface area contributed by atoms with E-state index in [-0.39, 0.29) is 5.91 Å². The SMILES string of the molecule is CNC(=O)C(N)c1cnn(C)c1.